The van der Waals surface area contributed by atoms with E-state index in [-0.39, 0.29) is 29.5 Å². The number of carbonyl (C=O) groups excluding carboxylic acids is 2. The predicted molar refractivity (Wildman–Crippen MR) is 133 cm³/mol. The summed E-state index contributed by atoms with van der Waals surface area (Å²) in [5.74, 6) is -0.709. The molecule has 0 aromatic heterocycles. The van der Waals surface area contributed by atoms with Crippen molar-refractivity contribution in [1.82, 2.24) is 5.43 Å². The number of carbonyl (C=O) groups is 2. The second-order valence-corrected chi connectivity index (χ2v) is 7.47. The zero-order chi connectivity index (χ0) is 24.6. The number of nitro groups is 1. The van der Waals surface area contributed by atoms with Gasteiger partial charge in [0.25, 0.3) is 11.6 Å². The van der Waals surface area contributed by atoms with Crippen LogP contribution in [0.25, 0.3) is 10.8 Å². The Labute approximate surface area is 200 Å². The smallest absolute Gasteiger partial charge is 0.343 e. The fourth-order valence-corrected chi connectivity index (χ4v) is 3.24. The highest BCUT2D eigenvalue weighted by Crippen LogP contribution is 2.19. The van der Waals surface area contributed by atoms with Gasteiger partial charge < -0.3 is 10.1 Å². The highest BCUT2D eigenvalue weighted by Gasteiger charge is 2.11. The fraction of sp³-hybridized carbons (Fsp3) is 0.0385. The van der Waals surface area contributed by atoms with Gasteiger partial charge in [0, 0.05) is 17.8 Å². The van der Waals surface area contributed by atoms with E-state index in [1.807, 2.05) is 42.5 Å². The number of fused-ring (bicyclic) bond motifs is 1. The standard InChI is InChI=1S/C26H20N4O5/c31-25(17-27-22-11-8-19-5-1-2-6-21(19)15-22)29-28-16-18-4-3-7-24(14-18)35-26(32)20-9-12-23(13-10-20)30(33)34/h1-16,27H,17H2,(H,29,31). The van der Waals surface area contributed by atoms with Crippen molar-refractivity contribution in [3.63, 3.8) is 0 Å². The number of esters is 1. The average molecular weight is 468 g/mol. The number of ether oxygens (including phenoxy) is 1. The van der Waals surface area contributed by atoms with Gasteiger partial charge in [-0.1, -0.05) is 42.5 Å². The number of hydrogen-bond donors (Lipinski definition) is 2. The quantitative estimate of drug-likeness (QED) is 0.129. The third kappa shape index (κ3) is 6.26. The monoisotopic (exact) mass is 468 g/mol. The van der Waals surface area contributed by atoms with Gasteiger partial charge in [-0.05, 0) is 52.7 Å². The van der Waals surface area contributed by atoms with Gasteiger partial charge in [0.15, 0.2) is 0 Å². The molecule has 0 heterocycles. The van der Waals surface area contributed by atoms with Crippen LogP contribution >= 0.6 is 0 Å². The predicted octanol–water partition coefficient (Wildman–Crippen LogP) is 4.53. The first kappa shape index (κ1) is 23.1. The van der Waals surface area contributed by atoms with Gasteiger partial charge in [-0.15, -0.1) is 0 Å². The second-order valence-electron chi connectivity index (χ2n) is 7.47. The minimum absolute atomic E-state index is 0.0442. The first-order chi connectivity index (χ1) is 17.0. The second kappa shape index (κ2) is 10.7. The summed E-state index contributed by atoms with van der Waals surface area (Å²) >= 11 is 0. The minimum Gasteiger partial charge on any atom is -0.423 e. The van der Waals surface area contributed by atoms with E-state index in [2.05, 4.69) is 15.8 Å². The van der Waals surface area contributed by atoms with Crippen LogP contribution < -0.4 is 15.5 Å². The van der Waals surface area contributed by atoms with E-state index in [0.717, 1.165) is 16.5 Å². The van der Waals surface area contributed by atoms with Crippen molar-refractivity contribution < 1.29 is 19.2 Å². The summed E-state index contributed by atoms with van der Waals surface area (Å²) in [6.07, 6.45) is 1.43. The molecule has 0 aliphatic rings. The largest absolute Gasteiger partial charge is 0.423 e. The molecular formula is C26H20N4O5. The molecule has 0 aliphatic heterocycles. The number of hydrogen-bond acceptors (Lipinski definition) is 7. The lowest BCUT2D eigenvalue weighted by Crippen LogP contribution is -2.25. The van der Waals surface area contributed by atoms with Gasteiger partial charge >= 0.3 is 5.97 Å². The fourth-order valence-electron chi connectivity index (χ4n) is 3.24. The lowest BCUT2D eigenvalue weighted by Gasteiger charge is -2.07. The first-order valence-corrected chi connectivity index (χ1v) is 10.6. The number of anilines is 1. The van der Waals surface area contributed by atoms with Crippen molar-refractivity contribution >= 4 is 40.2 Å². The van der Waals surface area contributed by atoms with E-state index < -0.39 is 10.9 Å². The molecular weight excluding hydrogens is 448 g/mol. The molecule has 1 amide bonds. The summed E-state index contributed by atoms with van der Waals surface area (Å²) in [6.45, 7) is 0.0442. The summed E-state index contributed by atoms with van der Waals surface area (Å²) in [6, 6.07) is 25.5. The van der Waals surface area contributed by atoms with Gasteiger partial charge in [-0.25, -0.2) is 10.2 Å². The van der Waals surface area contributed by atoms with Gasteiger partial charge in [-0.2, -0.15) is 5.10 Å². The Balaban J connectivity index is 1.29. The summed E-state index contributed by atoms with van der Waals surface area (Å²) in [7, 11) is 0. The molecule has 0 fully saturated rings. The Morgan fingerprint density at radius 2 is 1.69 bits per heavy atom. The highest BCUT2D eigenvalue weighted by atomic mass is 16.6. The molecule has 0 bridgehead atoms. The average Bonchev–Trinajstić information content (AvgIpc) is 2.87. The number of amides is 1. The van der Waals surface area contributed by atoms with Gasteiger partial charge in [0.2, 0.25) is 0 Å². The van der Waals surface area contributed by atoms with Crippen LogP contribution in [0.2, 0.25) is 0 Å². The third-order valence-corrected chi connectivity index (χ3v) is 4.99. The number of nitrogens with one attached hydrogen (secondary N) is 2. The van der Waals surface area contributed by atoms with E-state index >= 15 is 0 Å². The maximum absolute atomic E-state index is 12.3. The van der Waals surface area contributed by atoms with Crippen LogP contribution in [0, 0.1) is 10.1 Å². The molecule has 0 saturated heterocycles. The van der Waals surface area contributed by atoms with Crippen molar-refractivity contribution in [3.8, 4) is 5.75 Å². The van der Waals surface area contributed by atoms with Crippen LogP contribution in [-0.4, -0.2) is 29.6 Å². The molecule has 9 heteroatoms. The van der Waals surface area contributed by atoms with E-state index in [9.17, 15) is 19.7 Å². The molecule has 35 heavy (non-hydrogen) atoms. The van der Waals surface area contributed by atoms with E-state index in [1.165, 1.54) is 30.5 Å². The van der Waals surface area contributed by atoms with E-state index in [1.54, 1.807) is 24.3 Å². The molecule has 9 nitrogen and oxygen atoms in total. The molecule has 2 N–H and O–H groups in total. The number of nitrogens with zero attached hydrogens (tertiary/aromatic N) is 2. The Hall–Kier alpha value is -5.05. The highest BCUT2D eigenvalue weighted by molar-refractivity contribution is 5.92. The van der Waals surface area contributed by atoms with E-state index in [0.29, 0.717) is 5.56 Å². The molecule has 0 spiro atoms. The summed E-state index contributed by atoms with van der Waals surface area (Å²) in [5, 5.41) is 19.9. The van der Waals surface area contributed by atoms with Crippen molar-refractivity contribution in [2.45, 2.75) is 0 Å². The maximum atomic E-state index is 12.3. The summed E-state index contributed by atoms with van der Waals surface area (Å²) in [5.41, 5.74) is 3.93. The van der Waals surface area contributed by atoms with Crippen LogP contribution in [-0.2, 0) is 4.79 Å². The van der Waals surface area contributed by atoms with Crippen molar-refractivity contribution in [1.29, 1.82) is 0 Å². The van der Waals surface area contributed by atoms with Gasteiger partial charge in [0.1, 0.15) is 5.75 Å². The number of hydrazone groups is 1. The molecule has 0 atom stereocenters. The van der Waals surface area contributed by atoms with Gasteiger partial charge in [-0.3, -0.25) is 14.9 Å². The van der Waals surface area contributed by atoms with Crippen LogP contribution in [0.5, 0.6) is 5.75 Å². The minimum atomic E-state index is -0.651. The zero-order valence-electron chi connectivity index (χ0n) is 18.4. The Morgan fingerprint density at radius 3 is 2.46 bits per heavy atom. The molecule has 4 aromatic carbocycles. The Kier molecular flexibility index (Phi) is 7.08. The zero-order valence-corrected chi connectivity index (χ0v) is 18.4. The number of benzene rings is 4. The molecule has 0 unspecified atom stereocenters. The maximum Gasteiger partial charge on any atom is 0.343 e. The van der Waals surface area contributed by atoms with Crippen LogP contribution in [0.3, 0.4) is 0 Å². The Morgan fingerprint density at radius 1 is 0.914 bits per heavy atom. The lowest BCUT2D eigenvalue weighted by atomic mass is 10.1. The number of non-ortho nitro benzene ring substituents is 1. The van der Waals surface area contributed by atoms with Crippen molar-refractivity contribution in [2.24, 2.45) is 5.10 Å². The van der Waals surface area contributed by atoms with E-state index in [4.69, 9.17) is 4.74 Å². The Bertz CT molecular complexity index is 1420. The van der Waals surface area contributed by atoms with Crippen LogP contribution in [0.1, 0.15) is 15.9 Å². The molecule has 0 radical (unpaired) electrons. The number of nitro benzene ring substituents is 1. The molecule has 4 aromatic rings. The SMILES string of the molecule is O=C(CNc1ccc2ccccc2c1)NN=Cc1cccc(OC(=O)c2ccc([N+](=O)[O-])cc2)c1. The van der Waals surface area contributed by atoms with Crippen molar-refractivity contribution in [2.75, 3.05) is 11.9 Å². The first-order valence-electron chi connectivity index (χ1n) is 10.6. The molecule has 174 valence electrons. The summed E-state index contributed by atoms with van der Waals surface area (Å²) in [4.78, 5) is 34.6. The van der Waals surface area contributed by atoms with Crippen LogP contribution in [0.4, 0.5) is 11.4 Å². The third-order valence-electron chi connectivity index (χ3n) is 4.99. The summed E-state index contributed by atoms with van der Waals surface area (Å²) < 4.78 is 5.32. The number of rotatable bonds is 8. The molecule has 0 aliphatic carbocycles. The van der Waals surface area contributed by atoms with Gasteiger partial charge in [0.05, 0.1) is 23.2 Å². The van der Waals surface area contributed by atoms with Crippen LogP contribution in [0.15, 0.2) is 96.1 Å². The molecule has 4 rings (SSSR count). The molecule has 0 saturated carbocycles. The van der Waals surface area contributed by atoms with Crippen molar-refractivity contribution in [3.05, 3.63) is 112 Å². The topological polar surface area (TPSA) is 123 Å². The lowest BCUT2D eigenvalue weighted by molar-refractivity contribution is -0.384. The normalized spacial score (nSPS) is 10.7.